The van der Waals surface area contributed by atoms with Crippen LogP contribution in [0.15, 0.2) is 121 Å². The van der Waals surface area contributed by atoms with E-state index in [9.17, 15) is 19.2 Å². The van der Waals surface area contributed by atoms with Crippen molar-refractivity contribution in [2.24, 2.45) is 0 Å². The third-order valence-electron chi connectivity index (χ3n) is 10.5. The van der Waals surface area contributed by atoms with E-state index in [1.165, 1.54) is 24.3 Å². The van der Waals surface area contributed by atoms with Gasteiger partial charge in [-0.3, -0.25) is 0 Å². The second kappa shape index (κ2) is 17.8. The fourth-order valence-electron chi connectivity index (χ4n) is 7.63. The Balaban J connectivity index is 1.21. The van der Waals surface area contributed by atoms with Gasteiger partial charge < -0.3 is 52.1 Å². The van der Waals surface area contributed by atoms with Gasteiger partial charge >= 0.3 is 23.9 Å². The molecule has 15 heteroatoms. The number of rotatable bonds is 12. The molecule has 4 heterocycles. The molecule has 4 fully saturated rings. The highest BCUT2D eigenvalue weighted by Crippen LogP contribution is 2.44. The first-order valence-electron chi connectivity index (χ1n) is 20.0. The number of carbonyl (C=O) groups is 4. The van der Waals surface area contributed by atoms with Crippen LogP contribution in [0.25, 0.3) is 0 Å². The van der Waals surface area contributed by atoms with Gasteiger partial charge in [-0.1, -0.05) is 72.8 Å². The number of hydrogen-bond donors (Lipinski definition) is 0. The van der Waals surface area contributed by atoms with E-state index in [0.717, 1.165) is 0 Å². The summed E-state index contributed by atoms with van der Waals surface area (Å²) in [5.41, 5.74) is 0.699. The molecular weight excluding hydrogens is 792 g/mol. The van der Waals surface area contributed by atoms with Gasteiger partial charge in [0.15, 0.2) is 42.5 Å². The molecule has 15 nitrogen and oxygen atoms in total. The van der Waals surface area contributed by atoms with Crippen molar-refractivity contribution >= 4 is 23.9 Å². The van der Waals surface area contributed by atoms with Crippen LogP contribution in [0.4, 0.5) is 0 Å². The zero-order chi connectivity index (χ0) is 42.7. The third kappa shape index (κ3) is 9.68. The van der Waals surface area contributed by atoms with Crippen LogP contribution in [0.1, 0.15) is 69.1 Å². The summed E-state index contributed by atoms with van der Waals surface area (Å²) in [6.07, 6.45) is -12.2. The second-order valence-corrected chi connectivity index (χ2v) is 15.8. The minimum Gasteiger partial charge on any atom is -0.459 e. The van der Waals surface area contributed by atoms with Crippen molar-refractivity contribution < 1.29 is 71.3 Å². The minimum absolute atomic E-state index is 0.130. The Bertz CT molecular complexity index is 2150. The van der Waals surface area contributed by atoms with E-state index in [1.54, 1.807) is 125 Å². The van der Waals surface area contributed by atoms with Crippen LogP contribution in [-0.4, -0.2) is 110 Å². The Morgan fingerprint density at radius 1 is 0.525 bits per heavy atom. The molecule has 0 saturated carbocycles. The normalized spacial score (nSPS) is 29.8. The van der Waals surface area contributed by atoms with Gasteiger partial charge in [-0.15, -0.1) is 0 Å². The number of ether oxygens (including phenoxy) is 11. The predicted octanol–water partition coefficient (Wildman–Crippen LogP) is 5.66. The number of hydrogen-bond acceptors (Lipinski definition) is 15. The van der Waals surface area contributed by atoms with E-state index in [1.807, 2.05) is 0 Å². The van der Waals surface area contributed by atoms with Gasteiger partial charge in [0.1, 0.15) is 37.1 Å². The lowest BCUT2D eigenvalue weighted by Crippen LogP contribution is -2.64. The lowest BCUT2D eigenvalue weighted by molar-refractivity contribution is -0.322. The molecule has 8 rings (SSSR count). The molecule has 4 saturated heterocycles. The summed E-state index contributed by atoms with van der Waals surface area (Å²) in [4.78, 5) is 55.4. The number of carbonyl (C=O) groups excluding carboxylic acids is 4. The molecule has 61 heavy (non-hydrogen) atoms. The summed E-state index contributed by atoms with van der Waals surface area (Å²) < 4.78 is 68.8. The van der Waals surface area contributed by atoms with Crippen LogP contribution >= 0.6 is 0 Å². The standard InChI is InChI=1S/C46H46O15/c1-45(2)52-26-32(59-45)34-36(38-44(57-34)61-46(3,4)60-38)58-43-37(56-42(50)30-23-15-8-16-24-30)35(55-41(49)29-21-13-7-14-22-29)33(54-40(48)28-19-11-6-12-20-28)31(53-43)25-51-39(47)27-17-9-5-10-18-27/h5-24,31-38,43-44H,25-26H2,1-4H3/t31?,32?,33-,34+,35-,36-,37?,38?,43-,44+/m0/s1. The molecule has 320 valence electrons. The molecule has 4 aromatic rings. The van der Waals surface area contributed by atoms with Crippen molar-refractivity contribution in [3.63, 3.8) is 0 Å². The second-order valence-electron chi connectivity index (χ2n) is 15.8. The summed E-state index contributed by atoms with van der Waals surface area (Å²) in [5, 5.41) is 0. The van der Waals surface area contributed by atoms with Crippen molar-refractivity contribution in [3.8, 4) is 0 Å². The van der Waals surface area contributed by atoms with Crippen LogP contribution in [0.3, 0.4) is 0 Å². The Morgan fingerprint density at radius 3 is 1.49 bits per heavy atom. The monoisotopic (exact) mass is 838 g/mol. The molecule has 10 atom stereocenters. The van der Waals surface area contributed by atoms with Gasteiger partial charge in [-0.25, -0.2) is 19.2 Å². The maximum Gasteiger partial charge on any atom is 0.338 e. The van der Waals surface area contributed by atoms with E-state index in [2.05, 4.69) is 0 Å². The molecule has 0 N–H and O–H groups in total. The average Bonchev–Trinajstić information content (AvgIpc) is 3.90. The van der Waals surface area contributed by atoms with Gasteiger partial charge in [0.05, 0.1) is 28.9 Å². The summed E-state index contributed by atoms with van der Waals surface area (Å²) in [6.45, 7) is 6.58. The smallest absolute Gasteiger partial charge is 0.338 e. The fraction of sp³-hybridized carbons (Fsp3) is 0.391. The van der Waals surface area contributed by atoms with Crippen molar-refractivity contribution in [3.05, 3.63) is 144 Å². The summed E-state index contributed by atoms with van der Waals surface area (Å²) >= 11 is 0. The zero-order valence-electron chi connectivity index (χ0n) is 33.9. The molecule has 0 amide bonds. The van der Waals surface area contributed by atoms with Gasteiger partial charge in [-0.2, -0.15) is 0 Å². The average molecular weight is 839 g/mol. The third-order valence-corrected chi connectivity index (χ3v) is 10.5. The topological polar surface area (TPSA) is 170 Å². The van der Waals surface area contributed by atoms with E-state index in [4.69, 9.17) is 52.1 Å². The van der Waals surface area contributed by atoms with Gasteiger partial charge in [-0.05, 0) is 76.2 Å². The molecule has 0 bridgehead atoms. The first-order chi connectivity index (χ1) is 29.3. The summed E-state index contributed by atoms with van der Waals surface area (Å²) in [6, 6.07) is 32.6. The highest BCUT2D eigenvalue weighted by atomic mass is 16.9. The first-order valence-corrected chi connectivity index (χ1v) is 20.0. The Hall–Kier alpha value is -5.52. The molecule has 0 aliphatic carbocycles. The van der Waals surface area contributed by atoms with Crippen molar-refractivity contribution in [1.82, 2.24) is 0 Å². The van der Waals surface area contributed by atoms with E-state index in [0.29, 0.717) is 0 Å². The fourth-order valence-corrected chi connectivity index (χ4v) is 7.63. The van der Waals surface area contributed by atoms with Crippen molar-refractivity contribution in [2.75, 3.05) is 13.2 Å². The zero-order valence-corrected chi connectivity index (χ0v) is 33.9. The SMILES string of the molecule is CC1(C)OCC([C@H]2O[C@@H]3OC(C)(C)OC3[C@H]2O[C@@H]2OC(COC(=O)c3ccccc3)[C@H](OC(=O)c3ccccc3)[C@H](OC(=O)c3ccccc3)C2OC(=O)c2ccccc2)O1. The Morgan fingerprint density at radius 2 is 1.00 bits per heavy atom. The highest BCUT2D eigenvalue weighted by molar-refractivity contribution is 5.91. The molecule has 4 aliphatic rings. The summed E-state index contributed by atoms with van der Waals surface area (Å²) in [5.74, 6) is -5.25. The Labute approximate surface area is 352 Å². The molecule has 4 aromatic carbocycles. The van der Waals surface area contributed by atoms with Gasteiger partial charge in [0.25, 0.3) is 0 Å². The van der Waals surface area contributed by atoms with Crippen LogP contribution in [0.2, 0.25) is 0 Å². The lowest BCUT2D eigenvalue weighted by Gasteiger charge is -2.45. The van der Waals surface area contributed by atoms with Gasteiger partial charge in [0, 0.05) is 0 Å². The molecule has 0 aromatic heterocycles. The minimum atomic E-state index is -1.64. The van der Waals surface area contributed by atoms with Crippen LogP contribution in [0.5, 0.6) is 0 Å². The quantitative estimate of drug-likeness (QED) is 0.126. The summed E-state index contributed by atoms with van der Waals surface area (Å²) in [7, 11) is 0. The number of esters is 4. The molecule has 4 unspecified atom stereocenters. The van der Waals surface area contributed by atoms with Crippen LogP contribution < -0.4 is 0 Å². The van der Waals surface area contributed by atoms with Gasteiger partial charge in [0.2, 0.25) is 0 Å². The van der Waals surface area contributed by atoms with Crippen LogP contribution in [-0.2, 0) is 52.1 Å². The largest absolute Gasteiger partial charge is 0.459 e. The maximum atomic E-state index is 14.1. The highest BCUT2D eigenvalue weighted by Gasteiger charge is 2.62. The molecule has 4 aliphatic heterocycles. The van der Waals surface area contributed by atoms with E-state index in [-0.39, 0.29) is 28.9 Å². The van der Waals surface area contributed by atoms with Crippen molar-refractivity contribution in [2.45, 2.75) is 101 Å². The van der Waals surface area contributed by atoms with E-state index >= 15 is 0 Å². The predicted molar refractivity (Wildman–Crippen MR) is 211 cm³/mol. The maximum absolute atomic E-state index is 14.1. The first kappa shape index (κ1) is 42.2. The lowest BCUT2D eigenvalue weighted by atomic mass is 9.97. The number of fused-ring (bicyclic) bond motifs is 1. The van der Waals surface area contributed by atoms with E-state index < -0.39 is 103 Å². The van der Waals surface area contributed by atoms with Crippen molar-refractivity contribution in [1.29, 1.82) is 0 Å². The Kier molecular flexibility index (Phi) is 12.3. The molecule has 0 spiro atoms. The molecular formula is C46H46O15. The van der Waals surface area contributed by atoms with Crippen LogP contribution in [0, 0.1) is 0 Å². The molecule has 0 radical (unpaired) electrons. The number of benzene rings is 4.